The van der Waals surface area contributed by atoms with Crippen LogP contribution in [0.25, 0.3) is 10.9 Å². The van der Waals surface area contributed by atoms with Crippen molar-refractivity contribution in [2.24, 2.45) is 0 Å². The van der Waals surface area contributed by atoms with Crippen LogP contribution < -0.4 is 0 Å². The van der Waals surface area contributed by atoms with Gasteiger partial charge in [-0.1, -0.05) is 15.9 Å². The molecule has 1 fully saturated rings. The first-order chi connectivity index (χ1) is 9.24. The van der Waals surface area contributed by atoms with E-state index in [0.29, 0.717) is 0 Å². The number of halogens is 1. The molecule has 0 amide bonds. The van der Waals surface area contributed by atoms with Gasteiger partial charge in [0.25, 0.3) is 0 Å². The summed E-state index contributed by atoms with van der Waals surface area (Å²) < 4.78 is 3.28. The van der Waals surface area contributed by atoms with Crippen molar-refractivity contribution in [3.05, 3.63) is 28.4 Å². The van der Waals surface area contributed by atoms with Gasteiger partial charge in [-0.05, 0) is 64.0 Å². The molecule has 0 saturated carbocycles. The van der Waals surface area contributed by atoms with Crippen LogP contribution in [0.5, 0.6) is 0 Å². The van der Waals surface area contributed by atoms with Crippen LogP contribution in [0.3, 0.4) is 0 Å². The maximum atomic E-state index is 4.67. The molecule has 1 aliphatic rings. The highest BCUT2D eigenvalue weighted by Crippen LogP contribution is 2.22. The highest BCUT2D eigenvalue weighted by molar-refractivity contribution is 9.10. The molecule has 1 aromatic heterocycles. The largest absolute Gasteiger partial charge is 0.303 e. The van der Waals surface area contributed by atoms with Crippen molar-refractivity contribution in [2.45, 2.75) is 32.7 Å². The van der Waals surface area contributed by atoms with Crippen molar-refractivity contribution in [3.63, 3.8) is 0 Å². The van der Waals surface area contributed by atoms with Crippen molar-refractivity contribution in [1.82, 2.24) is 14.7 Å². The van der Waals surface area contributed by atoms with E-state index >= 15 is 0 Å². The van der Waals surface area contributed by atoms with Gasteiger partial charge in [0.2, 0.25) is 0 Å². The summed E-state index contributed by atoms with van der Waals surface area (Å²) >= 11 is 3.55. The summed E-state index contributed by atoms with van der Waals surface area (Å²) in [5, 5.41) is 5.94. The highest BCUT2D eigenvalue weighted by Gasteiger charge is 2.12. The lowest BCUT2D eigenvalue weighted by atomic mass is 10.2. The quantitative estimate of drug-likeness (QED) is 0.858. The molecule has 19 heavy (non-hydrogen) atoms. The summed E-state index contributed by atoms with van der Waals surface area (Å²) in [6.07, 6.45) is 3.93. The van der Waals surface area contributed by atoms with Crippen LogP contribution in [-0.2, 0) is 6.54 Å². The number of hydrogen-bond acceptors (Lipinski definition) is 2. The van der Waals surface area contributed by atoms with Gasteiger partial charge in [0.1, 0.15) is 0 Å². The predicted octanol–water partition coefficient (Wildman–Crippen LogP) is 3.59. The lowest BCUT2D eigenvalue weighted by Crippen LogP contribution is -2.21. The zero-order chi connectivity index (χ0) is 13.2. The second-order valence-electron chi connectivity index (χ2n) is 5.37. The molecule has 0 bridgehead atoms. The molecule has 0 N–H and O–H groups in total. The van der Waals surface area contributed by atoms with Crippen molar-refractivity contribution in [2.75, 3.05) is 19.6 Å². The molecule has 1 aromatic carbocycles. The van der Waals surface area contributed by atoms with Crippen LogP contribution in [0.1, 0.15) is 25.0 Å². The summed E-state index contributed by atoms with van der Waals surface area (Å²) in [6.45, 7) is 6.87. The molecule has 0 atom stereocenters. The fraction of sp³-hybridized carbons (Fsp3) is 0.533. The number of benzene rings is 1. The Balaban J connectivity index is 1.71. The van der Waals surface area contributed by atoms with E-state index in [9.17, 15) is 0 Å². The Morgan fingerprint density at radius 2 is 2.00 bits per heavy atom. The zero-order valence-corrected chi connectivity index (χ0v) is 13.0. The zero-order valence-electron chi connectivity index (χ0n) is 11.4. The molecule has 3 nitrogen and oxygen atoms in total. The van der Waals surface area contributed by atoms with E-state index in [2.05, 4.69) is 55.7 Å². The van der Waals surface area contributed by atoms with E-state index in [1.165, 1.54) is 49.8 Å². The standard InChI is InChI=1S/C15H20BrN3/c1-12-14-6-5-13(16)11-15(14)19(17-12)10-4-9-18-7-2-3-8-18/h5-6,11H,2-4,7-10H2,1H3. The van der Waals surface area contributed by atoms with Crippen molar-refractivity contribution in [1.29, 1.82) is 0 Å². The van der Waals surface area contributed by atoms with Gasteiger partial charge >= 0.3 is 0 Å². The van der Waals surface area contributed by atoms with E-state index in [-0.39, 0.29) is 0 Å². The number of nitrogens with zero attached hydrogens (tertiary/aromatic N) is 3. The van der Waals surface area contributed by atoms with Crippen molar-refractivity contribution >= 4 is 26.8 Å². The summed E-state index contributed by atoms with van der Waals surface area (Å²) in [5.41, 5.74) is 2.37. The molecule has 0 aliphatic carbocycles. The van der Waals surface area contributed by atoms with Gasteiger partial charge in [0.05, 0.1) is 11.2 Å². The van der Waals surface area contributed by atoms with Gasteiger partial charge in [-0.25, -0.2) is 0 Å². The molecule has 0 radical (unpaired) electrons. The normalized spacial score (nSPS) is 16.5. The molecule has 0 spiro atoms. The number of fused-ring (bicyclic) bond motifs is 1. The Kier molecular flexibility index (Phi) is 3.89. The molecule has 102 valence electrons. The van der Waals surface area contributed by atoms with E-state index in [1.807, 2.05) is 0 Å². The summed E-state index contributed by atoms with van der Waals surface area (Å²) in [4.78, 5) is 2.56. The van der Waals surface area contributed by atoms with Crippen LogP contribution in [0, 0.1) is 6.92 Å². The molecule has 3 rings (SSSR count). The molecule has 4 heteroatoms. The minimum absolute atomic E-state index is 1.01. The third kappa shape index (κ3) is 2.84. The summed E-state index contributed by atoms with van der Waals surface area (Å²) in [5.74, 6) is 0. The van der Waals surface area contributed by atoms with Crippen LogP contribution in [-0.4, -0.2) is 34.3 Å². The van der Waals surface area contributed by atoms with E-state index < -0.39 is 0 Å². The lowest BCUT2D eigenvalue weighted by molar-refractivity contribution is 0.323. The molecule has 0 unspecified atom stereocenters. The van der Waals surface area contributed by atoms with Crippen LogP contribution in [0.2, 0.25) is 0 Å². The monoisotopic (exact) mass is 321 g/mol. The average molecular weight is 322 g/mol. The van der Waals surface area contributed by atoms with Gasteiger partial charge in [0.15, 0.2) is 0 Å². The summed E-state index contributed by atoms with van der Waals surface area (Å²) in [6, 6.07) is 6.41. The Morgan fingerprint density at radius 1 is 1.21 bits per heavy atom. The molecular weight excluding hydrogens is 302 g/mol. The Bertz CT molecular complexity index is 570. The van der Waals surface area contributed by atoms with Crippen LogP contribution in [0.15, 0.2) is 22.7 Å². The van der Waals surface area contributed by atoms with Gasteiger partial charge in [-0.15, -0.1) is 0 Å². The third-order valence-electron chi connectivity index (χ3n) is 3.94. The minimum Gasteiger partial charge on any atom is -0.303 e. The number of aromatic nitrogens is 2. The SMILES string of the molecule is Cc1nn(CCCN2CCCC2)c2cc(Br)ccc12. The second kappa shape index (κ2) is 5.63. The van der Waals surface area contributed by atoms with Crippen molar-refractivity contribution in [3.8, 4) is 0 Å². The minimum atomic E-state index is 1.01. The Morgan fingerprint density at radius 3 is 2.79 bits per heavy atom. The Hall–Kier alpha value is -0.870. The third-order valence-corrected chi connectivity index (χ3v) is 4.43. The first-order valence-electron chi connectivity index (χ1n) is 7.09. The molecule has 2 aromatic rings. The second-order valence-corrected chi connectivity index (χ2v) is 6.29. The average Bonchev–Trinajstić information content (AvgIpc) is 2.99. The molecule has 1 aliphatic heterocycles. The molecular formula is C15H20BrN3. The number of aryl methyl sites for hydroxylation is 2. The van der Waals surface area contributed by atoms with Crippen LogP contribution >= 0.6 is 15.9 Å². The first kappa shape index (κ1) is 13.1. The highest BCUT2D eigenvalue weighted by atomic mass is 79.9. The first-order valence-corrected chi connectivity index (χ1v) is 7.88. The smallest absolute Gasteiger partial charge is 0.0696 e. The lowest BCUT2D eigenvalue weighted by Gasteiger charge is -2.14. The number of rotatable bonds is 4. The maximum absolute atomic E-state index is 4.67. The number of hydrogen-bond donors (Lipinski definition) is 0. The molecule has 1 saturated heterocycles. The summed E-state index contributed by atoms with van der Waals surface area (Å²) in [7, 11) is 0. The van der Waals surface area contributed by atoms with Gasteiger partial charge < -0.3 is 4.90 Å². The predicted molar refractivity (Wildman–Crippen MR) is 82.5 cm³/mol. The van der Waals surface area contributed by atoms with Crippen molar-refractivity contribution < 1.29 is 0 Å². The number of likely N-dealkylation sites (tertiary alicyclic amines) is 1. The topological polar surface area (TPSA) is 21.1 Å². The van der Waals surface area contributed by atoms with E-state index in [0.717, 1.165) is 16.7 Å². The van der Waals surface area contributed by atoms with E-state index in [4.69, 9.17) is 0 Å². The molecule has 2 heterocycles. The Labute approximate surface area is 122 Å². The van der Waals surface area contributed by atoms with Gasteiger partial charge in [-0.2, -0.15) is 5.10 Å². The van der Waals surface area contributed by atoms with Crippen LogP contribution in [0.4, 0.5) is 0 Å². The fourth-order valence-electron chi connectivity index (χ4n) is 2.93. The fourth-order valence-corrected chi connectivity index (χ4v) is 3.28. The van der Waals surface area contributed by atoms with E-state index in [1.54, 1.807) is 0 Å². The maximum Gasteiger partial charge on any atom is 0.0696 e. The van der Waals surface area contributed by atoms with Gasteiger partial charge in [-0.3, -0.25) is 4.68 Å². The van der Waals surface area contributed by atoms with Gasteiger partial charge in [0, 0.05) is 16.4 Å².